The number of carbonyl (C=O) groups is 1. The van der Waals surface area contributed by atoms with Crippen LogP contribution < -0.4 is 5.32 Å². The molecule has 134 valence electrons. The Morgan fingerprint density at radius 2 is 1.68 bits per heavy atom. The van der Waals surface area contributed by atoms with Gasteiger partial charge in [0, 0.05) is 19.8 Å². The number of amides is 1. The van der Waals surface area contributed by atoms with Crippen molar-refractivity contribution in [3.8, 4) is 0 Å². The normalized spacial score (nSPS) is 11.8. The number of hydrogen-bond donors (Lipinski definition) is 1. The minimum absolute atomic E-state index is 0.0159. The fraction of sp³-hybridized carbons (Fsp3) is 0.278. The molecule has 0 heterocycles. The summed E-state index contributed by atoms with van der Waals surface area (Å²) in [7, 11) is -0.782. The summed E-state index contributed by atoms with van der Waals surface area (Å²) >= 11 is 6.08. The molecule has 0 aromatic heterocycles. The molecule has 1 amide bonds. The lowest BCUT2D eigenvalue weighted by atomic mass is 10.0. The molecule has 0 saturated carbocycles. The Kier molecular flexibility index (Phi) is 5.87. The zero-order valence-corrected chi connectivity index (χ0v) is 16.1. The molecule has 0 radical (unpaired) electrons. The van der Waals surface area contributed by atoms with Gasteiger partial charge in [0.2, 0.25) is 10.0 Å². The van der Waals surface area contributed by atoms with Gasteiger partial charge < -0.3 is 5.32 Å². The fourth-order valence-electron chi connectivity index (χ4n) is 2.20. The minimum Gasteiger partial charge on any atom is -0.322 e. The number of hydrogen-bond acceptors (Lipinski definition) is 3. The van der Waals surface area contributed by atoms with E-state index in [1.54, 1.807) is 0 Å². The fourth-order valence-corrected chi connectivity index (χ4v) is 3.33. The third-order valence-electron chi connectivity index (χ3n) is 3.80. The van der Waals surface area contributed by atoms with Crippen LogP contribution in [0.1, 0.15) is 35.7 Å². The summed E-state index contributed by atoms with van der Waals surface area (Å²) in [5.74, 6) is -0.0646. The second-order valence-electron chi connectivity index (χ2n) is 6.16. The Hall–Kier alpha value is -1.89. The van der Waals surface area contributed by atoms with E-state index in [0.29, 0.717) is 11.6 Å². The first kappa shape index (κ1) is 19.4. The highest BCUT2D eigenvalue weighted by Crippen LogP contribution is 2.24. The van der Waals surface area contributed by atoms with Gasteiger partial charge in [0.05, 0.1) is 15.5 Å². The van der Waals surface area contributed by atoms with Gasteiger partial charge in [-0.3, -0.25) is 4.79 Å². The van der Waals surface area contributed by atoms with Crippen LogP contribution in [0.5, 0.6) is 0 Å². The van der Waals surface area contributed by atoms with Crippen LogP contribution in [0, 0.1) is 0 Å². The maximum Gasteiger partial charge on any atom is 0.257 e. The number of rotatable bonds is 5. The van der Waals surface area contributed by atoms with Crippen molar-refractivity contribution in [1.29, 1.82) is 0 Å². The van der Waals surface area contributed by atoms with E-state index in [-0.39, 0.29) is 15.5 Å². The number of halogens is 1. The lowest BCUT2D eigenvalue weighted by Gasteiger charge is -2.13. The van der Waals surface area contributed by atoms with Gasteiger partial charge >= 0.3 is 0 Å². The first-order valence-corrected chi connectivity index (χ1v) is 9.58. The molecule has 0 saturated heterocycles. The summed E-state index contributed by atoms with van der Waals surface area (Å²) < 4.78 is 25.5. The number of benzene rings is 2. The highest BCUT2D eigenvalue weighted by atomic mass is 35.5. The molecule has 0 spiro atoms. The molecule has 2 aromatic carbocycles. The van der Waals surface area contributed by atoms with E-state index in [0.717, 1.165) is 9.87 Å². The van der Waals surface area contributed by atoms with Crippen LogP contribution in [0.4, 0.5) is 5.69 Å². The van der Waals surface area contributed by atoms with Gasteiger partial charge in [-0.05, 0) is 41.8 Å². The van der Waals surface area contributed by atoms with E-state index in [9.17, 15) is 13.2 Å². The predicted molar refractivity (Wildman–Crippen MR) is 101 cm³/mol. The van der Waals surface area contributed by atoms with Crippen LogP contribution in [0.15, 0.2) is 47.4 Å². The van der Waals surface area contributed by atoms with E-state index in [4.69, 9.17) is 11.6 Å². The van der Waals surface area contributed by atoms with E-state index >= 15 is 0 Å². The van der Waals surface area contributed by atoms with Crippen molar-refractivity contribution >= 4 is 33.2 Å². The van der Waals surface area contributed by atoms with Crippen LogP contribution in [0.3, 0.4) is 0 Å². The topological polar surface area (TPSA) is 66.5 Å². The molecule has 2 rings (SSSR count). The molecule has 0 aliphatic carbocycles. The van der Waals surface area contributed by atoms with Gasteiger partial charge in [-0.2, -0.15) is 0 Å². The van der Waals surface area contributed by atoms with Gasteiger partial charge in [-0.15, -0.1) is 0 Å². The SMILES string of the molecule is CC(C)c1ccc(NC(=O)c2cc(S(=O)(=O)N(C)C)ccc2Cl)cc1. The van der Waals surface area contributed by atoms with Crippen molar-refractivity contribution < 1.29 is 13.2 Å². The molecular formula is C18H21ClN2O3S. The highest BCUT2D eigenvalue weighted by molar-refractivity contribution is 7.89. The van der Waals surface area contributed by atoms with Crippen molar-refractivity contribution in [1.82, 2.24) is 4.31 Å². The van der Waals surface area contributed by atoms with E-state index in [1.807, 2.05) is 24.3 Å². The molecular weight excluding hydrogens is 360 g/mol. The van der Waals surface area contributed by atoms with Gasteiger partial charge in [-0.1, -0.05) is 37.6 Å². The maximum atomic E-state index is 12.5. The number of carbonyl (C=O) groups excluding carboxylic acids is 1. The molecule has 0 fully saturated rings. The van der Waals surface area contributed by atoms with Crippen LogP contribution in [-0.4, -0.2) is 32.7 Å². The first-order chi connectivity index (χ1) is 11.6. The standard InChI is InChI=1S/C18H21ClN2O3S/c1-12(2)13-5-7-14(8-6-13)20-18(22)16-11-15(9-10-17(16)19)25(23,24)21(3)4/h5-12H,1-4H3,(H,20,22). The largest absolute Gasteiger partial charge is 0.322 e. The van der Waals surface area contributed by atoms with Crippen LogP contribution >= 0.6 is 11.6 Å². The molecule has 0 bridgehead atoms. The second-order valence-corrected chi connectivity index (χ2v) is 8.72. The van der Waals surface area contributed by atoms with Crippen molar-refractivity contribution in [2.24, 2.45) is 0 Å². The molecule has 2 aromatic rings. The van der Waals surface area contributed by atoms with Crippen LogP contribution in [-0.2, 0) is 10.0 Å². The molecule has 7 heteroatoms. The van der Waals surface area contributed by atoms with Crippen LogP contribution in [0.25, 0.3) is 0 Å². The molecule has 0 unspecified atom stereocenters. The quantitative estimate of drug-likeness (QED) is 0.853. The number of sulfonamides is 1. The van der Waals surface area contributed by atoms with Gasteiger partial charge in [0.25, 0.3) is 5.91 Å². The van der Waals surface area contributed by atoms with Crippen molar-refractivity contribution in [2.45, 2.75) is 24.7 Å². The Balaban J connectivity index is 2.30. The molecule has 5 nitrogen and oxygen atoms in total. The Bertz CT molecular complexity index is 876. The third kappa shape index (κ3) is 4.39. The summed E-state index contributed by atoms with van der Waals surface area (Å²) in [4.78, 5) is 12.5. The second kappa shape index (κ2) is 7.56. The maximum absolute atomic E-state index is 12.5. The van der Waals surface area contributed by atoms with Crippen LogP contribution in [0.2, 0.25) is 5.02 Å². The highest BCUT2D eigenvalue weighted by Gasteiger charge is 2.20. The summed E-state index contributed by atoms with van der Waals surface area (Å²) in [6.45, 7) is 4.17. The number of nitrogens with zero attached hydrogens (tertiary/aromatic N) is 1. The Morgan fingerprint density at radius 1 is 1.08 bits per heavy atom. The number of anilines is 1. The molecule has 0 aliphatic rings. The van der Waals surface area contributed by atoms with E-state index in [1.165, 1.54) is 32.3 Å². The van der Waals surface area contributed by atoms with Gasteiger partial charge in [0.15, 0.2) is 0 Å². The molecule has 0 aliphatic heterocycles. The third-order valence-corrected chi connectivity index (χ3v) is 5.94. The van der Waals surface area contributed by atoms with Crippen molar-refractivity contribution in [2.75, 3.05) is 19.4 Å². The van der Waals surface area contributed by atoms with Gasteiger partial charge in [0.1, 0.15) is 0 Å². The summed E-state index contributed by atoms with van der Waals surface area (Å²) in [6.07, 6.45) is 0. The average molecular weight is 381 g/mol. The molecule has 1 N–H and O–H groups in total. The lowest BCUT2D eigenvalue weighted by molar-refractivity contribution is 0.102. The van der Waals surface area contributed by atoms with Crippen molar-refractivity contribution in [3.63, 3.8) is 0 Å². The summed E-state index contributed by atoms with van der Waals surface area (Å²) in [5, 5.41) is 2.93. The Morgan fingerprint density at radius 3 is 2.20 bits per heavy atom. The average Bonchev–Trinajstić information content (AvgIpc) is 2.55. The van der Waals surface area contributed by atoms with Gasteiger partial charge in [-0.25, -0.2) is 12.7 Å². The van der Waals surface area contributed by atoms with E-state index < -0.39 is 15.9 Å². The van der Waals surface area contributed by atoms with Crippen molar-refractivity contribution in [3.05, 3.63) is 58.6 Å². The molecule has 25 heavy (non-hydrogen) atoms. The zero-order valence-electron chi connectivity index (χ0n) is 14.6. The Labute approximate surface area is 153 Å². The lowest BCUT2D eigenvalue weighted by Crippen LogP contribution is -2.23. The minimum atomic E-state index is -3.64. The first-order valence-electron chi connectivity index (χ1n) is 7.76. The summed E-state index contributed by atoms with van der Waals surface area (Å²) in [5.41, 5.74) is 1.89. The molecule has 0 atom stereocenters. The monoisotopic (exact) mass is 380 g/mol. The smallest absolute Gasteiger partial charge is 0.257 e. The zero-order chi connectivity index (χ0) is 18.8. The predicted octanol–water partition coefficient (Wildman–Crippen LogP) is 3.97. The summed E-state index contributed by atoms with van der Waals surface area (Å²) in [6, 6.07) is 11.6. The number of nitrogens with one attached hydrogen (secondary N) is 1. The van der Waals surface area contributed by atoms with E-state index in [2.05, 4.69) is 19.2 Å².